The molecule has 2 N–H and O–H groups in total. The van der Waals surface area contributed by atoms with Crippen LogP contribution in [0.5, 0.6) is 0 Å². The van der Waals surface area contributed by atoms with Crippen molar-refractivity contribution < 1.29 is 4.74 Å². The van der Waals surface area contributed by atoms with Crippen molar-refractivity contribution in [2.45, 2.75) is 25.4 Å². The number of ether oxygens (including phenoxy) is 1. The van der Waals surface area contributed by atoms with Crippen molar-refractivity contribution in [3.63, 3.8) is 0 Å². The molecule has 1 aromatic carbocycles. The Kier molecular flexibility index (Phi) is 7.87. The van der Waals surface area contributed by atoms with Gasteiger partial charge in [-0.05, 0) is 33.5 Å². The molecule has 1 atom stereocenters. The van der Waals surface area contributed by atoms with Crippen LogP contribution in [0.2, 0.25) is 0 Å². The minimum atomic E-state index is 0.0573. The van der Waals surface area contributed by atoms with Crippen molar-refractivity contribution in [1.29, 1.82) is 0 Å². The van der Waals surface area contributed by atoms with Crippen molar-refractivity contribution in [2.75, 3.05) is 60.5 Å². The molecule has 0 amide bonds. The molecule has 1 aliphatic rings. The Morgan fingerprint density at radius 1 is 1.19 bits per heavy atom. The van der Waals surface area contributed by atoms with E-state index in [9.17, 15) is 0 Å². The summed E-state index contributed by atoms with van der Waals surface area (Å²) < 4.78 is 5.47. The predicted octanol–water partition coefficient (Wildman–Crippen LogP) is 1.57. The molecule has 2 rings (SSSR count). The second-order valence-corrected chi connectivity index (χ2v) is 7.61. The molecule has 6 nitrogen and oxygen atoms in total. The fraction of sp³-hybridized carbons (Fsp3) is 0.650. The van der Waals surface area contributed by atoms with E-state index in [0.717, 1.165) is 45.4 Å². The zero-order valence-corrected chi connectivity index (χ0v) is 17.0. The highest BCUT2D eigenvalue weighted by Crippen LogP contribution is 2.17. The minimum Gasteiger partial charge on any atom is -0.379 e. The molecular formula is C20H35N5O. The number of nitrogens with one attached hydrogen (secondary N) is 2. The molecule has 0 bridgehead atoms. The molecule has 1 aromatic rings. The molecule has 0 radical (unpaired) electrons. The van der Waals surface area contributed by atoms with Gasteiger partial charge in [0.1, 0.15) is 0 Å². The zero-order chi connectivity index (χ0) is 19.0. The van der Waals surface area contributed by atoms with E-state index < -0.39 is 0 Å². The first-order valence-corrected chi connectivity index (χ1v) is 9.43. The molecule has 1 saturated heterocycles. The molecule has 0 aliphatic carbocycles. The number of guanidine groups is 1. The zero-order valence-electron chi connectivity index (χ0n) is 17.0. The first-order valence-electron chi connectivity index (χ1n) is 9.43. The van der Waals surface area contributed by atoms with Crippen LogP contribution in [0.1, 0.15) is 25.5 Å². The van der Waals surface area contributed by atoms with Crippen LogP contribution in [0, 0.1) is 0 Å². The lowest BCUT2D eigenvalue weighted by Gasteiger charge is -2.41. The smallest absolute Gasteiger partial charge is 0.191 e. The van der Waals surface area contributed by atoms with Gasteiger partial charge in [0.25, 0.3) is 0 Å². The van der Waals surface area contributed by atoms with Gasteiger partial charge in [-0.15, -0.1) is 0 Å². The summed E-state index contributed by atoms with van der Waals surface area (Å²) in [4.78, 5) is 9.10. The quantitative estimate of drug-likeness (QED) is 0.570. The Hall–Kier alpha value is -1.63. The van der Waals surface area contributed by atoms with E-state index in [4.69, 9.17) is 4.74 Å². The van der Waals surface area contributed by atoms with Crippen molar-refractivity contribution in [3.8, 4) is 0 Å². The van der Waals surface area contributed by atoms with E-state index in [1.807, 2.05) is 7.05 Å². The predicted molar refractivity (Wildman–Crippen MR) is 109 cm³/mol. The number of aliphatic imine (C=N–C) groups is 1. The molecule has 1 aliphatic heterocycles. The SMILES string of the molecule is CN=C(NCC(c1ccccc1)N(C)C)NCC(C)(C)N1CCOCC1. The third kappa shape index (κ3) is 5.97. The van der Waals surface area contributed by atoms with Gasteiger partial charge in [0, 0.05) is 38.8 Å². The second-order valence-electron chi connectivity index (χ2n) is 7.61. The molecule has 6 heteroatoms. The first-order chi connectivity index (χ1) is 12.4. The third-order valence-electron chi connectivity index (χ3n) is 5.05. The summed E-state index contributed by atoms with van der Waals surface area (Å²) in [5.74, 6) is 0.842. The summed E-state index contributed by atoms with van der Waals surface area (Å²) in [7, 11) is 6.04. The van der Waals surface area contributed by atoms with Crippen LogP contribution in [0.4, 0.5) is 0 Å². The fourth-order valence-electron chi connectivity index (χ4n) is 3.27. The number of rotatable bonds is 7. The Balaban J connectivity index is 1.88. The van der Waals surface area contributed by atoms with Crippen molar-refractivity contribution in [1.82, 2.24) is 20.4 Å². The van der Waals surface area contributed by atoms with Crippen LogP contribution in [0.15, 0.2) is 35.3 Å². The second kappa shape index (κ2) is 9.90. The number of nitrogens with zero attached hydrogens (tertiary/aromatic N) is 3. The minimum absolute atomic E-state index is 0.0573. The molecule has 26 heavy (non-hydrogen) atoms. The van der Waals surface area contributed by atoms with Gasteiger partial charge in [0.2, 0.25) is 0 Å². The fourth-order valence-corrected chi connectivity index (χ4v) is 3.27. The van der Waals surface area contributed by atoms with E-state index in [1.165, 1.54) is 5.56 Å². The van der Waals surface area contributed by atoms with E-state index in [-0.39, 0.29) is 5.54 Å². The highest BCUT2D eigenvalue weighted by molar-refractivity contribution is 5.79. The van der Waals surface area contributed by atoms with Gasteiger partial charge in [-0.1, -0.05) is 30.3 Å². The summed E-state index contributed by atoms with van der Waals surface area (Å²) >= 11 is 0. The summed E-state index contributed by atoms with van der Waals surface area (Å²) in [6.07, 6.45) is 0. The topological polar surface area (TPSA) is 52.1 Å². The Morgan fingerprint density at radius 2 is 1.85 bits per heavy atom. The van der Waals surface area contributed by atoms with Crippen LogP contribution >= 0.6 is 0 Å². The first kappa shape index (κ1) is 20.7. The number of morpholine rings is 1. The van der Waals surface area contributed by atoms with Crippen LogP contribution < -0.4 is 10.6 Å². The maximum absolute atomic E-state index is 5.47. The Morgan fingerprint density at radius 3 is 2.42 bits per heavy atom. The van der Waals surface area contributed by atoms with Crippen molar-refractivity contribution in [3.05, 3.63) is 35.9 Å². The lowest BCUT2D eigenvalue weighted by Crippen LogP contribution is -2.56. The number of hydrogen-bond donors (Lipinski definition) is 2. The van der Waals surface area contributed by atoms with E-state index in [0.29, 0.717) is 6.04 Å². The van der Waals surface area contributed by atoms with Crippen molar-refractivity contribution in [2.24, 2.45) is 4.99 Å². The Bertz CT molecular complexity index is 553. The van der Waals surface area contributed by atoms with E-state index in [1.54, 1.807) is 0 Å². The highest BCUT2D eigenvalue weighted by atomic mass is 16.5. The van der Waals surface area contributed by atoms with Crippen molar-refractivity contribution >= 4 is 5.96 Å². The lowest BCUT2D eigenvalue weighted by molar-refractivity contribution is -0.00834. The van der Waals surface area contributed by atoms with Gasteiger partial charge >= 0.3 is 0 Å². The summed E-state index contributed by atoms with van der Waals surface area (Å²) in [5.41, 5.74) is 1.36. The van der Waals surface area contributed by atoms with Crippen LogP contribution in [-0.2, 0) is 4.74 Å². The van der Waals surface area contributed by atoms with Gasteiger partial charge < -0.3 is 20.3 Å². The maximum Gasteiger partial charge on any atom is 0.191 e. The molecule has 1 fully saturated rings. The molecular weight excluding hydrogens is 326 g/mol. The maximum atomic E-state index is 5.47. The summed E-state index contributed by atoms with van der Waals surface area (Å²) in [6, 6.07) is 10.9. The molecule has 146 valence electrons. The average Bonchev–Trinajstić information content (AvgIpc) is 2.65. The van der Waals surface area contributed by atoms with Crippen LogP contribution in [-0.4, -0.2) is 81.8 Å². The van der Waals surface area contributed by atoms with E-state index >= 15 is 0 Å². The van der Waals surface area contributed by atoms with E-state index in [2.05, 4.69) is 83.7 Å². The summed E-state index contributed by atoms with van der Waals surface area (Å²) in [6.45, 7) is 9.78. The number of likely N-dealkylation sites (N-methyl/N-ethyl adjacent to an activating group) is 1. The largest absolute Gasteiger partial charge is 0.379 e. The number of benzene rings is 1. The summed E-state index contributed by atoms with van der Waals surface area (Å²) in [5, 5.41) is 6.97. The third-order valence-corrected chi connectivity index (χ3v) is 5.05. The van der Waals surface area contributed by atoms with Gasteiger partial charge in [-0.2, -0.15) is 0 Å². The lowest BCUT2D eigenvalue weighted by atomic mass is 10.0. The monoisotopic (exact) mass is 361 g/mol. The molecule has 0 spiro atoms. The molecule has 1 unspecified atom stereocenters. The van der Waals surface area contributed by atoms with Gasteiger partial charge in [-0.3, -0.25) is 9.89 Å². The normalized spacial score (nSPS) is 18.0. The van der Waals surface area contributed by atoms with Crippen LogP contribution in [0.3, 0.4) is 0 Å². The van der Waals surface area contributed by atoms with Crippen LogP contribution in [0.25, 0.3) is 0 Å². The van der Waals surface area contributed by atoms with Gasteiger partial charge in [0.05, 0.1) is 19.3 Å². The molecule has 0 saturated carbocycles. The molecule has 0 aromatic heterocycles. The highest BCUT2D eigenvalue weighted by Gasteiger charge is 2.28. The number of hydrogen-bond acceptors (Lipinski definition) is 4. The Labute approximate surface area is 158 Å². The van der Waals surface area contributed by atoms with Gasteiger partial charge in [0.15, 0.2) is 5.96 Å². The molecule has 1 heterocycles. The average molecular weight is 362 g/mol. The standard InChI is InChI=1S/C20H35N5O/c1-20(2,25-11-13-26-14-12-25)16-23-19(21-3)22-15-18(24(4)5)17-9-7-6-8-10-17/h6-10,18H,11-16H2,1-5H3,(H2,21,22,23). The van der Waals surface area contributed by atoms with Gasteiger partial charge in [-0.25, -0.2) is 0 Å².